The van der Waals surface area contributed by atoms with Crippen LogP contribution in [-0.4, -0.2) is 66.0 Å². The zero-order chi connectivity index (χ0) is 32.8. The maximum atomic E-state index is 14.0. The molecule has 1 saturated heterocycles. The number of hydrogen-bond acceptors (Lipinski definition) is 6. The average molecular weight is 657 g/mol. The van der Waals surface area contributed by atoms with Crippen molar-refractivity contribution in [1.29, 1.82) is 0 Å². The van der Waals surface area contributed by atoms with Crippen LogP contribution in [0.15, 0.2) is 53.6 Å². The number of unbranched alkanes of at least 4 members (excludes halogenated alkanes) is 3. The predicted molar refractivity (Wildman–Crippen MR) is 166 cm³/mol. The van der Waals surface area contributed by atoms with Crippen LogP contribution in [-0.2, 0) is 17.1 Å². The highest BCUT2D eigenvalue weighted by molar-refractivity contribution is 7.99. The number of thioether (sulfide) groups is 1. The third-order valence-corrected chi connectivity index (χ3v) is 9.06. The van der Waals surface area contributed by atoms with Crippen LogP contribution in [0.3, 0.4) is 0 Å². The van der Waals surface area contributed by atoms with E-state index in [2.05, 4.69) is 10.3 Å². The molecule has 0 amide bonds. The molecule has 2 aromatic carbocycles. The van der Waals surface area contributed by atoms with E-state index in [0.717, 1.165) is 54.5 Å². The highest BCUT2D eigenvalue weighted by Crippen LogP contribution is 2.39. The quantitative estimate of drug-likeness (QED) is 0.109. The third-order valence-electron chi connectivity index (χ3n) is 7.90. The Kier molecular flexibility index (Phi) is 11.2. The molecule has 2 heterocycles. The third kappa shape index (κ3) is 9.41. The minimum Gasteiger partial charge on any atom is -0.481 e. The van der Waals surface area contributed by atoms with E-state index in [1.807, 2.05) is 4.90 Å². The van der Waals surface area contributed by atoms with Crippen LogP contribution in [0.25, 0.3) is 10.9 Å². The number of piperazine rings is 1. The first-order chi connectivity index (χ1) is 21.1. The Hall–Kier alpha value is -3.19. The molecule has 1 aliphatic heterocycles. The van der Waals surface area contributed by atoms with Gasteiger partial charge in [-0.1, -0.05) is 18.9 Å². The fourth-order valence-electron chi connectivity index (χ4n) is 5.34. The van der Waals surface area contributed by atoms with E-state index in [-0.39, 0.29) is 5.69 Å². The Labute approximate surface area is 263 Å². The van der Waals surface area contributed by atoms with Gasteiger partial charge < -0.3 is 15.3 Å². The molecule has 0 bridgehead atoms. The highest BCUT2D eigenvalue weighted by Gasteiger charge is 2.37. The van der Waals surface area contributed by atoms with Crippen LogP contribution in [0.5, 0.6) is 0 Å². The summed E-state index contributed by atoms with van der Waals surface area (Å²) < 4.78 is 81.1. The lowest BCUT2D eigenvalue weighted by Crippen LogP contribution is -2.50. The number of nitrogens with zero attached hydrogens (tertiary/aromatic N) is 3. The summed E-state index contributed by atoms with van der Waals surface area (Å²) in [6.45, 7) is 5.86. The summed E-state index contributed by atoms with van der Waals surface area (Å²) in [4.78, 5) is 20.1. The van der Waals surface area contributed by atoms with Crippen molar-refractivity contribution in [3.8, 4) is 0 Å². The van der Waals surface area contributed by atoms with Crippen molar-refractivity contribution in [2.45, 2.75) is 56.8 Å². The van der Waals surface area contributed by atoms with Gasteiger partial charge in [0.1, 0.15) is 0 Å². The number of benzene rings is 2. The van der Waals surface area contributed by atoms with Gasteiger partial charge in [0.25, 0.3) is 0 Å². The Morgan fingerprint density at radius 1 is 0.911 bits per heavy atom. The molecule has 13 heteroatoms. The number of pyridine rings is 1. The number of carboxylic acids is 1. The fourth-order valence-corrected chi connectivity index (χ4v) is 6.40. The van der Waals surface area contributed by atoms with Gasteiger partial charge in [-0.25, -0.2) is 0 Å². The molecule has 0 radical (unpaired) electrons. The molecule has 2 N–H and O–H groups in total. The molecule has 1 aromatic heterocycles. The van der Waals surface area contributed by atoms with Crippen LogP contribution >= 0.6 is 11.8 Å². The van der Waals surface area contributed by atoms with Gasteiger partial charge in [0.2, 0.25) is 0 Å². The Balaban J connectivity index is 1.21. The van der Waals surface area contributed by atoms with Crippen molar-refractivity contribution in [3.05, 3.63) is 59.8 Å². The summed E-state index contributed by atoms with van der Waals surface area (Å²) in [6, 6.07) is 9.72. The number of halogens is 6. The van der Waals surface area contributed by atoms with Crippen LogP contribution in [0.2, 0.25) is 0 Å². The van der Waals surface area contributed by atoms with Gasteiger partial charge in [-0.05, 0) is 68.8 Å². The second-order valence-corrected chi connectivity index (χ2v) is 13.0. The SMILES string of the molecule is CC(C)(CN1CCN(c2ccc(NCCCCCCSc3ccnc4cc(C(F)(F)F)ccc34)cc2C(F)(F)F)CC1)C(=O)O. The summed E-state index contributed by atoms with van der Waals surface area (Å²) >= 11 is 1.57. The lowest BCUT2D eigenvalue weighted by molar-refractivity contribution is -0.148. The minimum atomic E-state index is -4.52. The molecule has 246 valence electrons. The van der Waals surface area contributed by atoms with Crippen molar-refractivity contribution < 1.29 is 36.2 Å². The molecular formula is C32H38F6N4O2S. The van der Waals surface area contributed by atoms with Crippen LogP contribution in [0.1, 0.15) is 50.7 Å². The van der Waals surface area contributed by atoms with Gasteiger partial charge >= 0.3 is 18.3 Å². The monoisotopic (exact) mass is 656 g/mol. The minimum absolute atomic E-state index is 0.130. The Morgan fingerprint density at radius 3 is 2.29 bits per heavy atom. The number of aromatic nitrogens is 1. The van der Waals surface area contributed by atoms with E-state index >= 15 is 0 Å². The van der Waals surface area contributed by atoms with E-state index in [0.29, 0.717) is 55.9 Å². The lowest BCUT2D eigenvalue weighted by Gasteiger charge is -2.39. The predicted octanol–water partition coefficient (Wildman–Crippen LogP) is 8.27. The van der Waals surface area contributed by atoms with Gasteiger partial charge in [0.05, 0.1) is 22.1 Å². The summed E-state index contributed by atoms with van der Waals surface area (Å²) in [5.41, 5.74) is -1.51. The van der Waals surface area contributed by atoms with Gasteiger partial charge in [-0.2, -0.15) is 26.3 Å². The second-order valence-electron chi connectivity index (χ2n) is 11.9. The van der Waals surface area contributed by atoms with E-state index in [4.69, 9.17) is 0 Å². The smallest absolute Gasteiger partial charge is 0.418 e. The number of rotatable bonds is 13. The van der Waals surface area contributed by atoms with E-state index in [1.54, 1.807) is 42.6 Å². The van der Waals surface area contributed by atoms with Crippen molar-refractivity contribution in [2.75, 3.05) is 55.2 Å². The van der Waals surface area contributed by atoms with Gasteiger partial charge in [0, 0.05) is 67.1 Å². The molecule has 0 spiro atoms. The number of carbonyl (C=O) groups is 1. The molecule has 4 rings (SSSR count). The average Bonchev–Trinajstić information content (AvgIpc) is 2.97. The van der Waals surface area contributed by atoms with Crippen LogP contribution in [0, 0.1) is 5.41 Å². The van der Waals surface area contributed by atoms with Gasteiger partial charge in [-0.3, -0.25) is 14.7 Å². The van der Waals surface area contributed by atoms with Gasteiger partial charge in [0.15, 0.2) is 0 Å². The number of anilines is 2. The molecule has 1 aliphatic rings. The Morgan fingerprint density at radius 2 is 1.62 bits per heavy atom. The zero-order valence-electron chi connectivity index (χ0n) is 25.3. The number of fused-ring (bicyclic) bond motifs is 1. The summed E-state index contributed by atoms with van der Waals surface area (Å²) in [7, 11) is 0. The van der Waals surface area contributed by atoms with Gasteiger partial charge in [-0.15, -0.1) is 11.8 Å². The fraction of sp³-hybridized carbons (Fsp3) is 0.500. The largest absolute Gasteiger partial charge is 0.481 e. The lowest BCUT2D eigenvalue weighted by atomic mass is 9.93. The van der Waals surface area contributed by atoms with Crippen molar-refractivity contribution in [1.82, 2.24) is 9.88 Å². The molecule has 0 unspecified atom stereocenters. The first-order valence-corrected chi connectivity index (χ1v) is 15.9. The first kappa shape index (κ1) is 34.7. The molecule has 0 atom stereocenters. The summed E-state index contributed by atoms with van der Waals surface area (Å²) in [5, 5.41) is 13.2. The maximum Gasteiger partial charge on any atom is 0.418 e. The van der Waals surface area contributed by atoms with Crippen molar-refractivity contribution in [2.24, 2.45) is 5.41 Å². The molecule has 1 fully saturated rings. The van der Waals surface area contributed by atoms with E-state index in [9.17, 15) is 36.2 Å². The van der Waals surface area contributed by atoms with Crippen molar-refractivity contribution in [3.63, 3.8) is 0 Å². The number of carboxylic acid groups (broad SMARTS) is 1. The number of hydrogen-bond donors (Lipinski definition) is 2. The van der Waals surface area contributed by atoms with Crippen LogP contribution in [0.4, 0.5) is 37.7 Å². The zero-order valence-corrected chi connectivity index (χ0v) is 26.1. The summed E-state index contributed by atoms with van der Waals surface area (Å²) in [5.74, 6) is -0.118. The number of nitrogens with one attached hydrogen (secondary N) is 1. The molecule has 3 aromatic rings. The second kappa shape index (κ2) is 14.5. The summed E-state index contributed by atoms with van der Waals surface area (Å²) in [6.07, 6.45) is -3.96. The normalized spacial score (nSPS) is 15.1. The Bertz CT molecular complexity index is 1460. The number of aliphatic carboxylic acids is 1. The molecule has 0 saturated carbocycles. The molecule has 0 aliphatic carbocycles. The van der Waals surface area contributed by atoms with E-state index < -0.39 is 34.9 Å². The molecular weight excluding hydrogens is 618 g/mol. The van der Waals surface area contributed by atoms with E-state index in [1.165, 1.54) is 18.3 Å². The maximum absolute atomic E-state index is 14.0. The van der Waals surface area contributed by atoms with Crippen molar-refractivity contribution >= 4 is 40.0 Å². The number of alkyl halides is 6. The first-order valence-electron chi connectivity index (χ1n) is 14.9. The standard InChI is InChI=1S/C32H38F6N4O2S/c1-30(2,29(43)44)21-41-14-16-42(17-15-41)27-10-8-23(20-25(27)32(36,37)38)39-12-5-3-4-6-18-45-28-11-13-40-26-19-22(31(33,34)35)7-9-24(26)28/h7-11,13,19-20,39H,3-6,12,14-18,21H2,1-2H3,(H,43,44). The topological polar surface area (TPSA) is 68.7 Å². The highest BCUT2D eigenvalue weighted by atomic mass is 32.2. The molecule has 45 heavy (non-hydrogen) atoms. The molecule has 6 nitrogen and oxygen atoms in total. The van der Waals surface area contributed by atoms with Crippen LogP contribution < -0.4 is 10.2 Å².